The van der Waals surface area contributed by atoms with Crippen molar-refractivity contribution in [2.24, 2.45) is 7.05 Å². The van der Waals surface area contributed by atoms with Crippen LogP contribution in [0.25, 0.3) is 38.8 Å². The maximum atomic E-state index is 13.3. The van der Waals surface area contributed by atoms with E-state index in [4.69, 9.17) is 0 Å². The number of aliphatic hydroxyl groups excluding tert-OH is 1. The second-order valence-corrected chi connectivity index (χ2v) is 8.33. The van der Waals surface area contributed by atoms with Gasteiger partial charge in [-0.25, -0.2) is 9.78 Å². The third-order valence-electron chi connectivity index (χ3n) is 6.20. The summed E-state index contributed by atoms with van der Waals surface area (Å²) in [7, 11) is 3.32. The summed E-state index contributed by atoms with van der Waals surface area (Å²) in [5.41, 5.74) is 3.25. The first-order valence-corrected chi connectivity index (χ1v) is 11.0. The second kappa shape index (κ2) is 8.45. The first kappa shape index (κ1) is 23.5. The van der Waals surface area contributed by atoms with Gasteiger partial charge in [-0.05, 0) is 42.8 Å². The Morgan fingerprint density at radius 3 is 2.50 bits per heavy atom. The molecule has 11 heteroatoms. The second-order valence-electron chi connectivity index (χ2n) is 8.33. The zero-order valence-electron chi connectivity index (χ0n) is 19.6. The van der Waals surface area contributed by atoms with Crippen LogP contribution in [-0.2, 0) is 19.8 Å². The topological polar surface area (TPSA) is 97.9 Å². The van der Waals surface area contributed by atoms with E-state index >= 15 is 0 Å². The number of benzene rings is 1. The Balaban J connectivity index is 1.79. The maximum absolute atomic E-state index is 13.3. The smallest absolute Gasteiger partial charge is 0.390 e. The molecule has 0 aliphatic rings. The molecule has 184 valence electrons. The largest absolute Gasteiger partial charge is 0.433 e. The quantitative estimate of drug-likeness (QED) is 0.389. The summed E-state index contributed by atoms with van der Waals surface area (Å²) in [5.74, 6) is 0. The standard InChI is InChI=1S/C25H21F3N6O2/c1-13-20(6-7-22(32-13)25(26,27)28)34-23-16-8-14(15-9-18(29-2)19(12-35)30-10-15)4-5-17(16)31-11-21(23)33(3)24(34)36/h4-11,29,35H,12H2,1-3H3. The molecule has 0 amide bonds. The minimum Gasteiger partial charge on any atom is -0.390 e. The highest BCUT2D eigenvalue weighted by Crippen LogP contribution is 2.33. The Hall–Kier alpha value is -4.25. The molecule has 0 bridgehead atoms. The lowest BCUT2D eigenvalue weighted by Crippen LogP contribution is -2.22. The molecule has 4 aromatic heterocycles. The van der Waals surface area contributed by atoms with E-state index in [9.17, 15) is 23.1 Å². The fourth-order valence-electron chi connectivity index (χ4n) is 4.34. The van der Waals surface area contributed by atoms with E-state index in [-0.39, 0.29) is 18.0 Å². The molecule has 0 saturated carbocycles. The normalized spacial score (nSPS) is 12.0. The summed E-state index contributed by atoms with van der Waals surface area (Å²) >= 11 is 0. The lowest BCUT2D eigenvalue weighted by molar-refractivity contribution is -0.141. The predicted molar refractivity (Wildman–Crippen MR) is 130 cm³/mol. The third kappa shape index (κ3) is 3.68. The molecule has 0 saturated heterocycles. The van der Waals surface area contributed by atoms with Crippen LogP contribution in [0.4, 0.5) is 18.9 Å². The van der Waals surface area contributed by atoms with Crippen molar-refractivity contribution in [2.45, 2.75) is 19.7 Å². The monoisotopic (exact) mass is 494 g/mol. The average molecular weight is 494 g/mol. The van der Waals surface area contributed by atoms with Crippen LogP contribution in [0.2, 0.25) is 0 Å². The van der Waals surface area contributed by atoms with Crippen molar-refractivity contribution in [3.05, 3.63) is 76.4 Å². The number of nitrogens with zero attached hydrogens (tertiary/aromatic N) is 5. The number of aliphatic hydroxyl groups is 1. The van der Waals surface area contributed by atoms with E-state index in [1.54, 1.807) is 26.5 Å². The molecule has 4 heterocycles. The van der Waals surface area contributed by atoms with Gasteiger partial charge < -0.3 is 10.4 Å². The van der Waals surface area contributed by atoms with Gasteiger partial charge in [0.25, 0.3) is 0 Å². The van der Waals surface area contributed by atoms with Gasteiger partial charge in [-0.3, -0.25) is 19.1 Å². The van der Waals surface area contributed by atoms with Crippen molar-refractivity contribution in [3.8, 4) is 16.8 Å². The number of alkyl halides is 3. The first-order chi connectivity index (χ1) is 17.1. The van der Waals surface area contributed by atoms with E-state index in [0.717, 1.165) is 17.2 Å². The van der Waals surface area contributed by atoms with Gasteiger partial charge >= 0.3 is 11.9 Å². The molecule has 0 spiro atoms. The molecule has 2 N–H and O–H groups in total. The van der Waals surface area contributed by atoms with Crippen LogP contribution in [-0.4, -0.2) is 36.2 Å². The Kier molecular flexibility index (Phi) is 5.51. The number of aryl methyl sites for hydroxylation is 2. The van der Waals surface area contributed by atoms with Crippen LogP contribution in [0.1, 0.15) is 17.1 Å². The summed E-state index contributed by atoms with van der Waals surface area (Å²) in [5, 5.41) is 13.2. The van der Waals surface area contributed by atoms with Crippen molar-refractivity contribution in [1.29, 1.82) is 0 Å². The van der Waals surface area contributed by atoms with E-state index in [0.29, 0.717) is 33.3 Å². The van der Waals surface area contributed by atoms with Crippen molar-refractivity contribution < 1.29 is 18.3 Å². The molecule has 0 unspecified atom stereocenters. The lowest BCUT2D eigenvalue weighted by atomic mass is 10.0. The molecule has 0 fully saturated rings. The molecule has 8 nitrogen and oxygen atoms in total. The number of fused-ring (bicyclic) bond motifs is 3. The fourth-order valence-corrected chi connectivity index (χ4v) is 4.34. The summed E-state index contributed by atoms with van der Waals surface area (Å²) in [6, 6.07) is 9.53. The molecule has 0 aliphatic heterocycles. The molecular formula is C25H21F3N6O2. The van der Waals surface area contributed by atoms with E-state index < -0.39 is 17.6 Å². The number of hydrogen-bond acceptors (Lipinski definition) is 6. The SMILES string of the molecule is CNc1cc(-c2ccc3ncc4c(c3c2)n(-c2ccc(C(F)(F)F)nc2C)c(=O)n4C)cnc1CO. The minimum absolute atomic E-state index is 0.0722. The number of pyridine rings is 3. The van der Waals surface area contributed by atoms with Gasteiger partial charge in [0, 0.05) is 31.2 Å². The van der Waals surface area contributed by atoms with Crippen LogP contribution in [0.5, 0.6) is 0 Å². The summed E-state index contributed by atoms with van der Waals surface area (Å²) in [6.07, 6.45) is -1.38. The molecular weight excluding hydrogens is 473 g/mol. The van der Waals surface area contributed by atoms with Gasteiger partial charge in [-0.1, -0.05) is 6.07 Å². The van der Waals surface area contributed by atoms with E-state index in [1.165, 1.54) is 22.1 Å². The molecule has 1 aromatic carbocycles. The van der Waals surface area contributed by atoms with E-state index in [1.807, 2.05) is 24.3 Å². The average Bonchev–Trinajstić information content (AvgIpc) is 3.12. The van der Waals surface area contributed by atoms with Crippen LogP contribution in [0, 0.1) is 6.92 Å². The van der Waals surface area contributed by atoms with Crippen LogP contribution >= 0.6 is 0 Å². The van der Waals surface area contributed by atoms with Crippen molar-refractivity contribution in [1.82, 2.24) is 24.1 Å². The molecule has 0 atom stereocenters. The first-order valence-electron chi connectivity index (χ1n) is 11.0. The van der Waals surface area contributed by atoms with Gasteiger partial charge in [0.15, 0.2) is 0 Å². The fraction of sp³-hybridized carbons (Fsp3) is 0.200. The Morgan fingerprint density at radius 2 is 1.83 bits per heavy atom. The van der Waals surface area contributed by atoms with Crippen molar-refractivity contribution in [2.75, 3.05) is 12.4 Å². The van der Waals surface area contributed by atoms with Crippen molar-refractivity contribution in [3.63, 3.8) is 0 Å². The van der Waals surface area contributed by atoms with E-state index in [2.05, 4.69) is 20.3 Å². The molecule has 0 aliphatic carbocycles. The van der Waals surface area contributed by atoms with Crippen molar-refractivity contribution >= 4 is 27.6 Å². The minimum atomic E-state index is -4.59. The number of rotatable bonds is 4. The summed E-state index contributed by atoms with van der Waals surface area (Å²) in [4.78, 5) is 25.8. The van der Waals surface area contributed by atoms with Gasteiger partial charge in [-0.15, -0.1) is 0 Å². The molecule has 5 aromatic rings. The number of anilines is 1. The molecule has 0 radical (unpaired) electrons. The van der Waals surface area contributed by atoms with Gasteiger partial charge in [0.2, 0.25) is 0 Å². The summed E-state index contributed by atoms with van der Waals surface area (Å²) < 4.78 is 42.3. The summed E-state index contributed by atoms with van der Waals surface area (Å²) in [6.45, 7) is 1.23. The molecule has 36 heavy (non-hydrogen) atoms. The predicted octanol–water partition coefficient (Wildman–Crippen LogP) is 4.20. The molecule has 5 rings (SSSR count). The highest BCUT2D eigenvalue weighted by molar-refractivity contribution is 6.04. The maximum Gasteiger partial charge on any atom is 0.433 e. The van der Waals surface area contributed by atoms with Crippen LogP contribution in [0.15, 0.2) is 53.6 Å². The highest BCUT2D eigenvalue weighted by Gasteiger charge is 2.33. The third-order valence-corrected chi connectivity index (χ3v) is 6.20. The lowest BCUT2D eigenvalue weighted by Gasteiger charge is -2.12. The zero-order valence-corrected chi connectivity index (χ0v) is 19.6. The number of imidazole rings is 1. The van der Waals surface area contributed by atoms with Gasteiger partial charge in [-0.2, -0.15) is 13.2 Å². The number of hydrogen-bond donors (Lipinski definition) is 2. The Morgan fingerprint density at radius 1 is 1.06 bits per heavy atom. The number of aromatic nitrogens is 5. The highest BCUT2D eigenvalue weighted by atomic mass is 19.4. The Bertz CT molecular complexity index is 1700. The van der Waals surface area contributed by atoms with Gasteiger partial charge in [0.1, 0.15) is 5.69 Å². The number of halogens is 3. The van der Waals surface area contributed by atoms with Crippen LogP contribution in [0.3, 0.4) is 0 Å². The van der Waals surface area contributed by atoms with Gasteiger partial charge in [0.05, 0.1) is 52.1 Å². The Labute approximate surface area is 202 Å². The van der Waals surface area contributed by atoms with Crippen LogP contribution < -0.4 is 11.0 Å². The zero-order chi connectivity index (χ0) is 25.8. The number of nitrogens with one attached hydrogen (secondary N) is 1.